The van der Waals surface area contributed by atoms with Crippen LogP contribution in [0.25, 0.3) is 0 Å². The molecule has 1 heterocycles. The molecule has 0 spiro atoms. The summed E-state index contributed by atoms with van der Waals surface area (Å²) in [6, 6.07) is 1.78. The monoisotopic (exact) mass is 379 g/mol. The highest BCUT2D eigenvalue weighted by Crippen LogP contribution is 2.31. The summed E-state index contributed by atoms with van der Waals surface area (Å²) in [4.78, 5) is 15.9. The molecular formula is C12H15Br2NO3. The van der Waals surface area contributed by atoms with Crippen LogP contribution in [0.2, 0.25) is 0 Å². The van der Waals surface area contributed by atoms with Crippen LogP contribution in [0.15, 0.2) is 21.2 Å². The maximum absolute atomic E-state index is 11.7. The van der Waals surface area contributed by atoms with Crippen molar-refractivity contribution in [2.24, 2.45) is 5.92 Å². The van der Waals surface area contributed by atoms with Crippen LogP contribution in [-0.4, -0.2) is 22.7 Å². The van der Waals surface area contributed by atoms with Crippen LogP contribution >= 0.6 is 31.9 Å². The lowest BCUT2D eigenvalue weighted by atomic mass is 9.97. The van der Waals surface area contributed by atoms with Crippen LogP contribution in [0.3, 0.4) is 0 Å². The molecule has 0 fully saturated rings. The van der Waals surface area contributed by atoms with E-state index in [2.05, 4.69) is 36.8 Å². The SMILES string of the molecule is CCOC(=O)C(CC)C(O)c1ncc(Br)cc1Br. The lowest BCUT2D eigenvalue weighted by Gasteiger charge is -2.20. The van der Waals surface area contributed by atoms with Crippen molar-refractivity contribution in [3.05, 3.63) is 26.9 Å². The summed E-state index contributed by atoms with van der Waals surface area (Å²) >= 11 is 6.62. The van der Waals surface area contributed by atoms with Crippen molar-refractivity contribution in [3.8, 4) is 0 Å². The molecule has 0 radical (unpaired) electrons. The van der Waals surface area contributed by atoms with Gasteiger partial charge in [0.2, 0.25) is 0 Å². The van der Waals surface area contributed by atoms with E-state index in [1.807, 2.05) is 6.92 Å². The van der Waals surface area contributed by atoms with Gasteiger partial charge in [0.25, 0.3) is 0 Å². The number of hydrogen-bond donors (Lipinski definition) is 1. The summed E-state index contributed by atoms with van der Waals surface area (Å²) in [5, 5.41) is 10.2. The molecule has 6 heteroatoms. The molecule has 100 valence electrons. The molecule has 4 nitrogen and oxygen atoms in total. The number of ether oxygens (including phenoxy) is 1. The first-order valence-electron chi connectivity index (χ1n) is 5.66. The van der Waals surface area contributed by atoms with Crippen LogP contribution in [0.5, 0.6) is 0 Å². The van der Waals surface area contributed by atoms with Gasteiger partial charge in [-0.2, -0.15) is 0 Å². The van der Waals surface area contributed by atoms with Crippen molar-refractivity contribution < 1.29 is 14.6 Å². The zero-order valence-corrected chi connectivity index (χ0v) is 13.4. The van der Waals surface area contributed by atoms with Crippen molar-refractivity contribution in [2.45, 2.75) is 26.4 Å². The van der Waals surface area contributed by atoms with E-state index in [9.17, 15) is 9.90 Å². The molecule has 0 aromatic carbocycles. The fourth-order valence-electron chi connectivity index (χ4n) is 1.60. The number of rotatable bonds is 5. The van der Waals surface area contributed by atoms with Crippen LogP contribution in [0.4, 0.5) is 0 Å². The largest absolute Gasteiger partial charge is 0.466 e. The van der Waals surface area contributed by atoms with Gasteiger partial charge in [-0.05, 0) is 51.3 Å². The number of pyridine rings is 1. The molecular weight excluding hydrogens is 366 g/mol. The van der Waals surface area contributed by atoms with Crippen molar-refractivity contribution in [3.63, 3.8) is 0 Å². The minimum Gasteiger partial charge on any atom is -0.466 e. The Bertz CT molecular complexity index is 426. The maximum Gasteiger partial charge on any atom is 0.311 e. The quantitative estimate of drug-likeness (QED) is 0.796. The van der Waals surface area contributed by atoms with Gasteiger partial charge < -0.3 is 9.84 Å². The van der Waals surface area contributed by atoms with E-state index in [0.717, 1.165) is 4.47 Å². The number of halogens is 2. The average Bonchev–Trinajstić information content (AvgIpc) is 2.29. The molecule has 2 atom stereocenters. The van der Waals surface area contributed by atoms with Crippen LogP contribution in [0, 0.1) is 5.92 Å². The van der Waals surface area contributed by atoms with Crippen LogP contribution in [-0.2, 0) is 9.53 Å². The van der Waals surface area contributed by atoms with E-state index in [1.54, 1.807) is 19.2 Å². The second kappa shape index (κ2) is 7.21. The normalized spacial score (nSPS) is 14.1. The van der Waals surface area contributed by atoms with Gasteiger partial charge in [0.15, 0.2) is 0 Å². The van der Waals surface area contributed by atoms with Gasteiger partial charge in [-0.3, -0.25) is 9.78 Å². The summed E-state index contributed by atoms with van der Waals surface area (Å²) in [7, 11) is 0. The van der Waals surface area contributed by atoms with Crippen molar-refractivity contribution >= 4 is 37.8 Å². The third-order valence-electron chi connectivity index (χ3n) is 2.53. The van der Waals surface area contributed by atoms with Gasteiger partial charge in [-0.1, -0.05) is 6.92 Å². The molecule has 1 N–H and O–H groups in total. The van der Waals surface area contributed by atoms with E-state index in [0.29, 0.717) is 23.2 Å². The number of carbonyl (C=O) groups excluding carboxylic acids is 1. The Balaban J connectivity index is 2.96. The maximum atomic E-state index is 11.7. The Hall–Kier alpha value is -0.460. The topological polar surface area (TPSA) is 59.4 Å². The second-order valence-corrected chi connectivity index (χ2v) is 5.50. The first-order chi connectivity index (χ1) is 8.51. The molecule has 2 unspecified atom stereocenters. The van der Waals surface area contributed by atoms with Gasteiger partial charge in [0.1, 0.15) is 6.10 Å². The van der Waals surface area contributed by atoms with E-state index in [4.69, 9.17) is 4.74 Å². The zero-order valence-electron chi connectivity index (χ0n) is 10.2. The van der Waals surface area contributed by atoms with E-state index in [1.165, 1.54) is 0 Å². The number of esters is 1. The third-order valence-corrected chi connectivity index (χ3v) is 3.60. The van der Waals surface area contributed by atoms with Crippen molar-refractivity contribution in [1.82, 2.24) is 4.98 Å². The standard InChI is InChI=1S/C12H15Br2NO3/c1-3-8(12(17)18-4-2)11(16)10-9(14)5-7(13)6-15-10/h5-6,8,11,16H,3-4H2,1-2H3. The number of aliphatic hydroxyl groups excluding tert-OH is 1. The summed E-state index contributed by atoms with van der Waals surface area (Å²) in [6.45, 7) is 3.87. The highest BCUT2D eigenvalue weighted by molar-refractivity contribution is 9.11. The smallest absolute Gasteiger partial charge is 0.311 e. The second-order valence-electron chi connectivity index (χ2n) is 3.73. The van der Waals surface area contributed by atoms with E-state index in [-0.39, 0.29) is 0 Å². The van der Waals surface area contributed by atoms with Crippen LogP contribution < -0.4 is 0 Å². The Morgan fingerprint density at radius 1 is 1.50 bits per heavy atom. The summed E-state index contributed by atoms with van der Waals surface area (Å²) in [5.74, 6) is -1.00. The Morgan fingerprint density at radius 2 is 2.17 bits per heavy atom. The van der Waals surface area contributed by atoms with E-state index >= 15 is 0 Å². The predicted octanol–water partition coefficient (Wildman–Crippen LogP) is 3.23. The first kappa shape index (κ1) is 15.6. The summed E-state index contributed by atoms with van der Waals surface area (Å²) < 4.78 is 6.41. The van der Waals surface area contributed by atoms with Gasteiger partial charge >= 0.3 is 5.97 Å². The number of hydrogen-bond acceptors (Lipinski definition) is 4. The lowest BCUT2D eigenvalue weighted by Crippen LogP contribution is -2.25. The van der Waals surface area contributed by atoms with Crippen molar-refractivity contribution in [2.75, 3.05) is 6.61 Å². The fourth-order valence-corrected chi connectivity index (χ4v) is 2.82. The number of carbonyl (C=O) groups is 1. The molecule has 0 aliphatic heterocycles. The first-order valence-corrected chi connectivity index (χ1v) is 7.25. The molecule has 0 aliphatic carbocycles. The van der Waals surface area contributed by atoms with Gasteiger partial charge in [-0.15, -0.1) is 0 Å². The molecule has 1 aromatic heterocycles. The van der Waals surface area contributed by atoms with Crippen molar-refractivity contribution in [1.29, 1.82) is 0 Å². The molecule has 0 saturated heterocycles. The van der Waals surface area contributed by atoms with Gasteiger partial charge in [0, 0.05) is 15.1 Å². The van der Waals surface area contributed by atoms with Gasteiger partial charge in [0.05, 0.1) is 18.2 Å². The fraction of sp³-hybridized carbons (Fsp3) is 0.500. The number of aromatic nitrogens is 1. The Kier molecular flexibility index (Phi) is 6.25. The Labute approximate surface area is 123 Å². The lowest BCUT2D eigenvalue weighted by molar-refractivity contribution is -0.152. The third kappa shape index (κ3) is 3.76. The minimum atomic E-state index is -0.975. The molecule has 0 saturated carbocycles. The molecule has 0 bridgehead atoms. The highest BCUT2D eigenvalue weighted by Gasteiger charge is 2.29. The summed E-state index contributed by atoms with van der Waals surface area (Å²) in [5.41, 5.74) is 0.443. The average molecular weight is 381 g/mol. The van der Waals surface area contributed by atoms with Crippen LogP contribution in [0.1, 0.15) is 32.1 Å². The number of aliphatic hydroxyl groups is 1. The predicted molar refractivity (Wildman–Crippen MR) is 75.0 cm³/mol. The minimum absolute atomic E-state index is 0.303. The molecule has 0 amide bonds. The molecule has 1 aromatic rings. The molecule has 1 rings (SSSR count). The molecule has 18 heavy (non-hydrogen) atoms. The Morgan fingerprint density at radius 3 is 2.67 bits per heavy atom. The molecule has 0 aliphatic rings. The van der Waals surface area contributed by atoms with E-state index < -0.39 is 18.0 Å². The number of nitrogens with zero attached hydrogens (tertiary/aromatic N) is 1. The zero-order chi connectivity index (χ0) is 13.7. The summed E-state index contributed by atoms with van der Waals surface area (Å²) in [6.07, 6.45) is 1.10. The van der Waals surface area contributed by atoms with Gasteiger partial charge in [-0.25, -0.2) is 0 Å². The highest BCUT2D eigenvalue weighted by atomic mass is 79.9.